The summed E-state index contributed by atoms with van der Waals surface area (Å²) in [5.41, 5.74) is 0.290. The molecule has 0 radical (unpaired) electrons. The van der Waals surface area contributed by atoms with Gasteiger partial charge < -0.3 is 10.2 Å². The molecule has 1 saturated heterocycles. The van der Waals surface area contributed by atoms with Crippen LogP contribution < -0.4 is 10.2 Å². The van der Waals surface area contributed by atoms with Crippen molar-refractivity contribution in [3.63, 3.8) is 0 Å². The summed E-state index contributed by atoms with van der Waals surface area (Å²) in [6.07, 6.45) is 3.74. The van der Waals surface area contributed by atoms with Gasteiger partial charge in [-0.1, -0.05) is 20.8 Å². The Morgan fingerprint density at radius 1 is 1.45 bits per heavy atom. The van der Waals surface area contributed by atoms with Gasteiger partial charge in [-0.3, -0.25) is 4.79 Å². The van der Waals surface area contributed by atoms with Crippen LogP contribution in [0.5, 0.6) is 0 Å². The molecule has 0 atom stereocenters. The average molecular weight is 300 g/mol. The van der Waals surface area contributed by atoms with Gasteiger partial charge in [0.1, 0.15) is 11.9 Å². The number of hydrogen-bond acceptors (Lipinski definition) is 4. The number of nitrogens with zero attached hydrogens (tertiary/aromatic N) is 3. The van der Waals surface area contributed by atoms with Crippen molar-refractivity contribution in [1.29, 1.82) is 5.26 Å². The van der Waals surface area contributed by atoms with Crippen LogP contribution in [0.2, 0.25) is 0 Å². The van der Waals surface area contributed by atoms with Crippen molar-refractivity contribution in [1.82, 2.24) is 10.3 Å². The third-order valence-corrected chi connectivity index (χ3v) is 4.05. The third-order valence-electron chi connectivity index (χ3n) is 4.05. The van der Waals surface area contributed by atoms with E-state index in [1.807, 2.05) is 20.8 Å². The van der Waals surface area contributed by atoms with Gasteiger partial charge in [0.15, 0.2) is 0 Å². The zero-order valence-corrected chi connectivity index (χ0v) is 13.6. The van der Waals surface area contributed by atoms with Crippen molar-refractivity contribution in [3.8, 4) is 6.07 Å². The minimum atomic E-state index is -0.337. The summed E-state index contributed by atoms with van der Waals surface area (Å²) in [6, 6.07) is 5.79. The summed E-state index contributed by atoms with van der Waals surface area (Å²) >= 11 is 0. The number of carbonyl (C=O) groups excluding carboxylic acids is 1. The summed E-state index contributed by atoms with van der Waals surface area (Å²) < 4.78 is 0. The number of carbonyl (C=O) groups is 1. The lowest BCUT2D eigenvalue weighted by molar-refractivity contribution is -0.128. The van der Waals surface area contributed by atoms with Gasteiger partial charge in [0.2, 0.25) is 5.91 Å². The molecular weight excluding hydrogens is 276 g/mol. The Bertz CT molecular complexity index is 563. The van der Waals surface area contributed by atoms with Crippen LogP contribution in [0.3, 0.4) is 0 Å². The van der Waals surface area contributed by atoms with E-state index in [9.17, 15) is 4.79 Å². The lowest BCUT2D eigenvalue weighted by Crippen LogP contribution is -2.42. The molecule has 1 aliphatic rings. The first-order chi connectivity index (χ1) is 10.4. The average Bonchev–Trinajstić information content (AvgIpc) is 2.52. The Labute approximate surface area is 132 Å². The first kappa shape index (κ1) is 16.3. The highest BCUT2D eigenvalue weighted by Gasteiger charge is 2.25. The SMILES string of the molecule is CC(C)(C)C(=O)NCC1CCN(c2ncccc2C#N)CC1. The Morgan fingerprint density at radius 2 is 2.14 bits per heavy atom. The van der Waals surface area contributed by atoms with E-state index in [2.05, 4.69) is 21.3 Å². The highest BCUT2D eigenvalue weighted by molar-refractivity contribution is 5.81. The number of amides is 1. The lowest BCUT2D eigenvalue weighted by Gasteiger charge is -2.33. The van der Waals surface area contributed by atoms with Crippen LogP contribution in [0, 0.1) is 22.7 Å². The first-order valence-electron chi connectivity index (χ1n) is 7.80. The molecule has 1 aliphatic heterocycles. The van der Waals surface area contributed by atoms with Gasteiger partial charge in [-0.05, 0) is 30.9 Å². The fourth-order valence-corrected chi connectivity index (χ4v) is 2.59. The van der Waals surface area contributed by atoms with Gasteiger partial charge in [0, 0.05) is 31.2 Å². The minimum absolute atomic E-state index is 0.103. The molecule has 2 heterocycles. The molecule has 22 heavy (non-hydrogen) atoms. The van der Waals surface area contributed by atoms with Gasteiger partial charge in [-0.25, -0.2) is 4.98 Å². The molecule has 5 heteroatoms. The second-order valence-corrected chi connectivity index (χ2v) is 6.88. The highest BCUT2D eigenvalue weighted by Crippen LogP contribution is 2.24. The van der Waals surface area contributed by atoms with Gasteiger partial charge in [0.05, 0.1) is 5.56 Å². The largest absolute Gasteiger partial charge is 0.356 e. The molecule has 1 amide bonds. The molecule has 0 bridgehead atoms. The standard InChI is InChI=1S/C17H24N4O/c1-17(2,3)16(22)20-12-13-6-9-21(10-7-13)15-14(11-18)5-4-8-19-15/h4-5,8,13H,6-7,9-10,12H2,1-3H3,(H,20,22). The maximum Gasteiger partial charge on any atom is 0.225 e. The van der Waals surface area contributed by atoms with Gasteiger partial charge in [-0.2, -0.15) is 5.26 Å². The van der Waals surface area contributed by atoms with Crippen molar-refractivity contribution in [2.45, 2.75) is 33.6 Å². The van der Waals surface area contributed by atoms with Crippen molar-refractivity contribution in [3.05, 3.63) is 23.9 Å². The van der Waals surface area contributed by atoms with E-state index in [4.69, 9.17) is 5.26 Å². The Hall–Kier alpha value is -2.09. The molecule has 2 rings (SSSR count). The molecule has 5 nitrogen and oxygen atoms in total. The van der Waals surface area contributed by atoms with E-state index in [1.165, 1.54) is 0 Å². The van der Waals surface area contributed by atoms with Gasteiger partial charge in [-0.15, -0.1) is 0 Å². The first-order valence-corrected chi connectivity index (χ1v) is 7.80. The van der Waals surface area contributed by atoms with Crippen LogP contribution in [0.15, 0.2) is 18.3 Å². The Balaban J connectivity index is 1.86. The molecule has 0 spiro atoms. The maximum atomic E-state index is 11.9. The molecule has 0 saturated carbocycles. The fourth-order valence-electron chi connectivity index (χ4n) is 2.59. The monoisotopic (exact) mass is 300 g/mol. The molecule has 1 fully saturated rings. The van der Waals surface area contributed by atoms with Crippen molar-refractivity contribution in [2.24, 2.45) is 11.3 Å². The fraction of sp³-hybridized carbons (Fsp3) is 0.588. The van der Waals surface area contributed by atoms with Crippen LogP contribution in [-0.4, -0.2) is 30.5 Å². The summed E-state index contributed by atoms with van der Waals surface area (Å²) in [7, 11) is 0. The number of anilines is 1. The summed E-state index contributed by atoms with van der Waals surface area (Å²) in [4.78, 5) is 18.4. The zero-order chi connectivity index (χ0) is 16.2. The van der Waals surface area contributed by atoms with Crippen LogP contribution >= 0.6 is 0 Å². The Kier molecular flexibility index (Phi) is 5.02. The summed E-state index contributed by atoms with van der Waals surface area (Å²) in [6.45, 7) is 8.26. The molecule has 1 N–H and O–H groups in total. The normalized spacial score (nSPS) is 16.2. The number of pyridine rings is 1. The lowest BCUT2D eigenvalue weighted by atomic mass is 9.93. The van der Waals surface area contributed by atoms with E-state index in [1.54, 1.807) is 18.3 Å². The van der Waals surface area contributed by atoms with Crippen LogP contribution in [0.25, 0.3) is 0 Å². The maximum absolute atomic E-state index is 11.9. The molecule has 0 aliphatic carbocycles. The predicted octanol–water partition coefficient (Wildman–Crippen LogP) is 2.33. The van der Waals surface area contributed by atoms with Crippen molar-refractivity contribution in [2.75, 3.05) is 24.5 Å². The quantitative estimate of drug-likeness (QED) is 0.930. The minimum Gasteiger partial charge on any atom is -0.356 e. The number of piperidine rings is 1. The number of rotatable bonds is 3. The van der Waals surface area contributed by atoms with E-state index >= 15 is 0 Å². The van der Waals surface area contributed by atoms with Crippen LogP contribution in [0.4, 0.5) is 5.82 Å². The number of nitrogens with one attached hydrogen (secondary N) is 1. The second kappa shape index (κ2) is 6.78. The Morgan fingerprint density at radius 3 is 2.73 bits per heavy atom. The second-order valence-electron chi connectivity index (χ2n) is 6.88. The zero-order valence-electron chi connectivity index (χ0n) is 13.6. The third kappa shape index (κ3) is 3.97. The van der Waals surface area contributed by atoms with Crippen molar-refractivity contribution >= 4 is 11.7 Å². The number of aromatic nitrogens is 1. The molecule has 0 aromatic carbocycles. The molecular formula is C17H24N4O. The number of hydrogen-bond donors (Lipinski definition) is 1. The molecule has 1 aromatic heterocycles. The summed E-state index contributed by atoms with van der Waals surface area (Å²) in [5.74, 6) is 1.38. The topological polar surface area (TPSA) is 69.0 Å². The molecule has 0 unspecified atom stereocenters. The molecule has 1 aromatic rings. The van der Waals surface area contributed by atoms with E-state index in [-0.39, 0.29) is 11.3 Å². The smallest absolute Gasteiger partial charge is 0.225 e. The van der Waals surface area contributed by atoms with E-state index in [0.29, 0.717) is 11.5 Å². The van der Waals surface area contributed by atoms with Crippen LogP contribution in [-0.2, 0) is 4.79 Å². The van der Waals surface area contributed by atoms with E-state index in [0.717, 1.165) is 38.3 Å². The van der Waals surface area contributed by atoms with E-state index < -0.39 is 0 Å². The number of nitriles is 1. The van der Waals surface area contributed by atoms with Crippen molar-refractivity contribution < 1.29 is 4.79 Å². The predicted molar refractivity (Wildman–Crippen MR) is 86.4 cm³/mol. The van der Waals surface area contributed by atoms with Gasteiger partial charge in [0.25, 0.3) is 0 Å². The van der Waals surface area contributed by atoms with Crippen LogP contribution in [0.1, 0.15) is 39.2 Å². The summed E-state index contributed by atoms with van der Waals surface area (Å²) in [5, 5.41) is 12.2. The molecule has 118 valence electrons. The highest BCUT2D eigenvalue weighted by atomic mass is 16.2. The van der Waals surface area contributed by atoms with Gasteiger partial charge >= 0.3 is 0 Å².